The number of aliphatic hydroxyl groups is 2. The molecule has 2 aliphatic rings. The first-order valence-corrected chi connectivity index (χ1v) is 47.4. The van der Waals surface area contributed by atoms with Crippen LogP contribution in [-0.4, -0.2) is 212 Å². The second-order valence-corrected chi connectivity index (χ2v) is 39.9. The average molecular weight is 1970 g/mol. The summed E-state index contributed by atoms with van der Waals surface area (Å²) in [5.74, 6) is 4.45. The summed E-state index contributed by atoms with van der Waals surface area (Å²) in [6.45, 7) is 10.1. The summed E-state index contributed by atoms with van der Waals surface area (Å²) in [4.78, 5) is 38.7. The molecular weight excluding hydrogens is 1870 g/mol. The molecule has 7 aromatic carbocycles. The van der Waals surface area contributed by atoms with Gasteiger partial charge in [-0.25, -0.2) is 58.1 Å². The summed E-state index contributed by atoms with van der Waals surface area (Å²) in [5, 5.41) is 51.2. The van der Waals surface area contributed by atoms with Crippen molar-refractivity contribution in [3.63, 3.8) is 0 Å². The van der Waals surface area contributed by atoms with E-state index >= 15 is 0 Å². The number of sulfonamides is 3. The molecule has 0 spiro atoms. The van der Waals surface area contributed by atoms with E-state index in [0.29, 0.717) is 40.7 Å². The molecule has 0 unspecified atom stereocenters. The maximum atomic E-state index is 12.9. The molecule has 0 radical (unpaired) electrons. The van der Waals surface area contributed by atoms with E-state index in [1.807, 2.05) is 168 Å². The van der Waals surface area contributed by atoms with Crippen LogP contribution in [0.3, 0.4) is 0 Å². The SMILES string of the molecule is Cc1cc2nc(-c3ccccc3)cc(Nc3ccc(C(=O)N(C)CCc4ccccc4)cc3)n2n1.Cc1nn2c(Nc3ccc(S(=O)(=O)N(C)C)cc3)cc(-c3ccccc3)nc2c1Br.Cc1nn2c(Nc3ccc(S(=O)(=O)N(C)C)cc3)cc(N3CCC[C@@H]3CO)nc2c1Br.Cc1nn2c(Nc3ccc(S(=O)(=O)N(C)C)cc3)cc(N3CCC[C@H]3CO)nc2c1Br. The van der Waals surface area contributed by atoms with Gasteiger partial charge in [0.25, 0.3) is 5.91 Å². The Morgan fingerprint density at radius 2 is 0.756 bits per heavy atom. The highest BCUT2D eigenvalue weighted by Gasteiger charge is 2.30. The van der Waals surface area contributed by atoms with Gasteiger partial charge in [-0.15, -0.1) is 0 Å². The summed E-state index contributed by atoms with van der Waals surface area (Å²) in [7, 11) is 0.442. The van der Waals surface area contributed by atoms with Crippen molar-refractivity contribution in [2.45, 2.75) is 86.6 Å². The zero-order valence-electron chi connectivity index (χ0n) is 71.7. The number of aryl methyl sites for hydroxylation is 4. The summed E-state index contributed by atoms with van der Waals surface area (Å²) in [6, 6.07) is 67.3. The van der Waals surface area contributed by atoms with E-state index in [4.69, 9.17) is 19.9 Å². The van der Waals surface area contributed by atoms with Crippen molar-refractivity contribution in [3.8, 4) is 22.5 Å². The molecule has 2 fully saturated rings. The lowest BCUT2D eigenvalue weighted by molar-refractivity contribution is 0.0796. The first-order chi connectivity index (χ1) is 60.8. The highest BCUT2D eigenvalue weighted by atomic mass is 79.9. The van der Waals surface area contributed by atoms with Gasteiger partial charge in [0.2, 0.25) is 30.1 Å². The number of hydrogen-bond donors (Lipinski definition) is 6. The molecule has 0 aliphatic carbocycles. The topological polar surface area (TPSA) is 348 Å². The molecule has 0 saturated carbocycles. The van der Waals surface area contributed by atoms with Crippen LogP contribution >= 0.6 is 47.8 Å². The lowest BCUT2D eigenvalue weighted by Gasteiger charge is -2.25. The normalized spacial score (nSPS) is 14.2. The highest BCUT2D eigenvalue weighted by Crippen LogP contribution is 2.37. The van der Waals surface area contributed by atoms with Gasteiger partial charge in [-0.1, -0.05) is 91.0 Å². The number of halogens is 3. The van der Waals surface area contributed by atoms with Crippen LogP contribution in [0.4, 0.5) is 57.7 Å². The van der Waals surface area contributed by atoms with Crippen molar-refractivity contribution < 1.29 is 40.3 Å². The molecule has 2 aliphatic heterocycles. The number of aromatic nitrogens is 12. The van der Waals surface area contributed by atoms with Crippen LogP contribution in [0.5, 0.6) is 0 Å². The Hall–Kier alpha value is -11.6. The fourth-order valence-electron chi connectivity index (χ4n) is 14.5. The van der Waals surface area contributed by atoms with Crippen LogP contribution in [0.15, 0.2) is 246 Å². The van der Waals surface area contributed by atoms with Crippen molar-refractivity contribution in [1.29, 1.82) is 0 Å². The number of carbonyl (C=O) groups is 1. The molecule has 8 aromatic heterocycles. The van der Waals surface area contributed by atoms with Crippen LogP contribution in [0, 0.1) is 27.7 Å². The fourth-order valence-corrected chi connectivity index (χ4v) is 18.2. The Kier molecular flexibility index (Phi) is 28.4. The molecule has 1 amide bonds. The largest absolute Gasteiger partial charge is 0.394 e. The molecule has 17 rings (SSSR count). The molecule has 37 heteroatoms. The number of carbonyl (C=O) groups excluding carboxylic acids is 1. The van der Waals surface area contributed by atoms with Gasteiger partial charge >= 0.3 is 0 Å². The molecule has 0 bridgehead atoms. The van der Waals surface area contributed by atoms with E-state index in [-0.39, 0.29) is 45.9 Å². The number of nitrogens with zero attached hydrogens (tertiary/aromatic N) is 18. The summed E-state index contributed by atoms with van der Waals surface area (Å²) in [6.07, 6.45) is 4.68. The van der Waals surface area contributed by atoms with Gasteiger partial charge in [-0.2, -0.15) is 38.5 Å². The van der Waals surface area contributed by atoms with Gasteiger partial charge in [0, 0.05) is 139 Å². The Balaban J connectivity index is 0.000000137. The third-order valence-corrected chi connectivity index (χ3v) is 29.8. The first kappa shape index (κ1) is 91.6. The van der Waals surface area contributed by atoms with Crippen LogP contribution in [-0.2, 0) is 36.5 Å². The Morgan fingerprint density at radius 3 is 1.13 bits per heavy atom. The van der Waals surface area contributed by atoms with Crippen LogP contribution < -0.4 is 31.1 Å². The molecule has 127 heavy (non-hydrogen) atoms. The lowest BCUT2D eigenvalue weighted by atomic mass is 10.1. The van der Waals surface area contributed by atoms with Crippen molar-refractivity contribution in [2.24, 2.45) is 0 Å². The van der Waals surface area contributed by atoms with Gasteiger partial charge in [-0.05, 0) is 210 Å². The number of rotatable bonds is 24. The Morgan fingerprint density at radius 1 is 0.417 bits per heavy atom. The molecule has 15 aromatic rings. The summed E-state index contributed by atoms with van der Waals surface area (Å²) >= 11 is 10.7. The number of anilines is 10. The standard InChI is InChI=1S/C29H27N5O.C21H20BrN5O2S.2C20H25BrN6O3S/c1-21-19-27-31-26(23-11-7-4-8-12-23)20-28(34(27)32-21)30-25-15-13-24(14-16-25)29(35)33(2)18-17-22-9-5-3-6-10-22;1-14-20(22)21-24-18(15-7-5-4-6-8-15)13-19(27(21)25-14)23-16-9-11-17(12-10-16)30(28,29)26(2)3;2*1-13-19(21)20-23-17(26-10-4-5-15(26)12-28)11-18(27(20)24-13)22-14-6-8-16(9-7-14)31(29,30)25(2)3/h3-16,19-20,30H,17-18H2,1-2H3;4-13,23H,1-3H3;2*6-9,11,15,22,28H,4-5,10,12H2,1-3H3/t;;2*15-/m..10/s1. The van der Waals surface area contributed by atoms with Crippen molar-refractivity contribution in [1.82, 2.24) is 76.2 Å². The smallest absolute Gasteiger partial charge is 0.253 e. The van der Waals surface area contributed by atoms with E-state index in [1.54, 1.807) is 95.8 Å². The Labute approximate surface area is 762 Å². The molecule has 6 N–H and O–H groups in total. The zero-order chi connectivity index (χ0) is 90.3. The van der Waals surface area contributed by atoms with E-state index in [9.17, 15) is 40.3 Å². The van der Waals surface area contributed by atoms with Crippen LogP contribution in [0.2, 0.25) is 0 Å². The van der Waals surface area contributed by atoms with Gasteiger partial charge in [0.1, 0.15) is 34.9 Å². The minimum Gasteiger partial charge on any atom is -0.394 e. The second kappa shape index (κ2) is 39.3. The van der Waals surface area contributed by atoms with Crippen molar-refractivity contribution in [2.75, 3.05) is 113 Å². The highest BCUT2D eigenvalue weighted by molar-refractivity contribution is 9.11. The molecule has 2 saturated heterocycles. The molecule has 31 nitrogen and oxygen atoms in total. The van der Waals surface area contributed by atoms with E-state index in [1.165, 1.54) is 60.8 Å². The predicted octanol–water partition coefficient (Wildman–Crippen LogP) is 15.7. The number of hydrogen-bond acceptors (Lipinski definition) is 23. The van der Waals surface area contributed by atoms with Crippen molar-refractivity contribution >= 4 is 164 Å². The first-order valence-electron chi connectivity index (χ1n) is 40.7. The van der Waals surface area contributed by atoms with Gasteiger partial charge in [0.05, 0.1) is 87.6 Å². The minimum atomic E-state index is -3.49. The Bertz CT molecular complexity index is 6630. The maximum Gasteiger partial charge on any atom is 0.253 e. The van der Waals surface area contributed by atoms with Crippen LogP contribution in [0.25, 0.3) is 45.1 Å². The summed E-state index contributed by atoms with van der Waals surface area (Å²) in [5.41, 5.74) is 14.8. The third-order valence-electron chi connectivity index (χ3n) is 21.5. The molecule has 2 atom stereocenters. The molecule has 10 heterocycles. The second-order valence-electron chi connectivity index (χ2n) is 31.1. The van der Waals surface area contributed by atoms with Crippen molar-refractivity contribution in [3.05, 3.63) is 266 Å². The number of fused-ring (bicyclic) bond motifs is 4. The lowest BCUT2D eigenvalue weighted by Crippen LogP contribution is -2.32. The average Bonchev–Trinajstić information content (AvgIpc) is 1.64. The number of likely N-dealkylation sites (N-methyl/N-ethyl adjacent to an activating group) is 1. The predicted molar refractivity (Wildman–Crippen MR) is 508 cm³/mol. The summed E-state index contributed by atoms with van der Waals surface area (Å²) < 4.78 is 86.9. The maximum absolute atomic E-state index is 12.9. The molecule has 660 valence electrons. The van der Waals surface area contributed by atoms with Gasteiger partial charge in [-0.3, -0.25) is 4.79 Å². The number of aliphatic hydroxyl groups excluding tert-OH is 2. The quantitative estimate of drug-likeness (QED) is 0.0327. The number of amides is 1. The van der Waals surface area contributed by atoms with Gasteiger partial charge in [0.15, 0.2) is 22.6 Å². The number of nitrogens with one attached hydrogen (secondary N) is 4. The number of benzene rings is 7. The van der Waals surface area contributed by atoms with E-state index in [0.717, 1.165) is 156 Å². The van der Waals surface area contributed by atoms with E-state index in [2.05, 4.69) is 111 Å². The van der Waals surface area contributed by atoms with Crippen LogP contribution in [0.1, 0.15) is 64.4 Å². The third kappa shape index (κ3) is 20.5. The fraction of sp³-hybridized carbons (Fsp3) is 0.256. The van der Waals surface area contributed by atoms with E-state index < -0.39 is 30.1 Å². The zero-order valence-corrected chi connectivity index (χ0v) is 78.9. The minimum absolute atomic E-state index is 0.00727. The molecular formula is C90H97Br3N22O9S3. The monoisotopic (exact) mass is 1960 g/mol. The van der Waals surface area contributed by atoms with Gasteiger partial charge < -0.3 is 46.2 Å².